The summed E-state index contributed by atoms with van der Waals surface area (Å²) < 4.78 is 10.8. The molecular weight excluding hydrogens is 382 g/mol. The van der Waals surface area contributed by atoms with Gasteiger partial charge in [-0.05, 0) is 37.6 Å². The van der Waals surface area contributed by atoms with Crippen LogP contribution in [0.4, 0.5) is 16.5 Å². The molecule has 0 aliphatic rings. The Hall–Kier alpha value is -2.44. The molecule has 0 spiro atoms. The highest BCUT2D eigenvalue weighted by Crippen LogP contribution is 2.41. The molecule has 0 unspecified atom stereocenters. The van der Waals surface area contributed by atoms with Crippen LogP contribution in [0.3, 0.4) is 0 Å². The van der Waals surface area contributed by atoms with Gasteiger partial charge in [0.05, 0.1) is 30.6 Å². The zero-order chi connectivity index (χ0) is 19.6. The number of anilines is 3. The van der Waals surface area contributed by atoms with Crippen molar-refractivity contribution in [3.05, 3.63) is 45.8 Å². The summed E-state index contributed by atoms with van der Waals surface area (Å²) >= 11 is 7.92. The third-order valence-corrected chi connectivity index (χ3v) is 5.39. The molecule has 0 fully saturated rings. The molecule has 0 radical (unpaired) electrons. The van der Waals surface area contributed by atoms with E-state index in [9.17, 15) is 0 Å². The molecule has 2 aromatic carbocycles. The first-order chi connectivity index (χ1) is 13.0. The largest absolute Gasteiger partial charge is 0.495 e. The highest BCUT2D eigenvalue weighted by Gasteiger charge is 2.17. The van der Waals surface area contributed by atoms with Crippen molar-refractivity contribution >= 4 is 39.4 Å². The van der Waals surface area contributed by atoms with Gasteiger partial charge < -0.3 is 20.1 Å². The SMILES string of the molecule is CNc1cc(OC)c(Cl)cc1-c1nc(Nc2ccc(C)cc2OC)sc1C. The Morgan fingerprint density at radius 2 is 1.74 bits per heavy atom. The molecule has 0 aliphatic heterocycles. The van der Waals surface area contributed by atoms with Crippen LogP contribution >= 0.6 is 22.9 Å². The number of nitrogens with one attached hydrogen (secondary N) is 2. The average molecular weight is 404 g/mol. The second kappa shape index (κ2) is 8.06. The van der Waals surface area contributed by atoms with Gasteiger partial charge in [0.1, 0.15) is 11.5 Å². The van der Waals surface area contributed by atoms with E-state index in [1.165, 1.54) is 0 Å². The van der Waals surface area contributed by atoms with E-state index in [-0.39, 0.29) is 0 Å². The lowest BCUT2D eigenvalue weighted by molar-refractivity contribution is 0.415. The van der Waals surface area contributed by atoms with E-state index in [1.54, 1.807) is 25.6 Å². The van der Waals surface area contributed by atoms with Crippen LogP contribution in [0.15, 0.2) is 30.3 Å². The Bertz CT molecular complexity index is 972. The molecule has 1 aromatic heterocycles. The predicted molar refractivity (Wildman–Crippen MR) is 114 cm³/mol. The van der Waals surface area contributed by atoms with E-state index >= 15 is 0 Å². The van der Waals surface area contributed by atoms with Crippen LogP contribution in [0.2, 0.25) is 5.02 Å². The number of thiazole rings is 1. The summed E-state index contributed by atoms with van der Waals surface area (Å²) in [5.41, 5.74) is 4.73. The van der Waals surface area contributed by atoms with Gasteiger partial charge in [-0.1, -0.05) is 17.7 Å². The number of methoxy groups -OCH3 is 2. The van der Waals surface area contributed by atoms with Gasteiger partial charge in [0.2, 0.25) is 0 Å². The van der Waals surface area contributed by atoms with Gasteiger partial charge in [-0.2, -0.15) is 0 Å². The topological polar surface area (TPSA) is 55.4 Å². The van der Waals surface area contributed by atoms with Crippen molar-refractivity contribution < 1.29 is 9.47 Å². The maximum Gasteiger partial charge on any atom is 0.188 e. The number of rotatable bonds is 6. The van der Waals surface area contributed by atoms with E-state index in [4.69, 9.17) is 26.1 Å². The summed E-state index contributed by atoms with van der Waals surface area (Å²) in [5, 5.41) is 7.89. The Morgan fingerprint density at radius 3 is 2.41 bits per heavy atom. The lowest BCUT2D eigenvalue weighted by atomic mass is 10.1. The second-order valence-electron chi connectivity index (χ2n) is 6.03. The van der Waals surface area contributed by atoms with Crippen LogP contribution < -0.4 is 20.1 Å². The Kier molecular flexibility index (Phi) is 5.77. The second-order valence-corrected chi connectivity index (χ2v) is 7.65. The molecule has 0 bridgehead atoms. The molecule has 142 valence electrons. The van der Waals surface area contributed by atoms with Crippen molar-refractivity contribution in [3.63, 3.8) is 0 Å². The van der Waals surface area contributed by atoms with Crippen molar-refractivity contribution in [3.8, 4) is 22.8 Å². The normalized spacial score (nSPS) is 10.6. The molecule has 0 saturated carbocycles. The number of hydrogen-bond acceptors (Lipinski definition) is 6. The summed E-state index contributed by atoms with van der Waals surface area (Å²) in [7, 11) is 5.13. The molecule has 5 nitrogen and oxygen atoms in total. The minimum Gasteiger partial charge on any atom is -0.495 e. The molecule has 1 heterocycles. The third kappa shape index (κ3) is 3.96. The van der Waals surface area contributed by atoms with Crippen LogP contribution in [0.5, 0.6) is 11.5 Å². The van der Waals surface area contributed by atoms with Gasteiger partial charge in [-0.15, -0.1) is 11.3 Å². The molecule has 7 heteroatoms. The lowest BCUT2D eigenvalue weighted by Crippen LogP contribution is -1.97. The number of nitrogens with zero attached hydrogens (tertiary/aromatic N) is 1. The number of aromatic nitrogens is 1. The monoisotopic (exact) mass is 403 g/mol. The molecule has 3 aromatic rings. The molecule has 2 N–H and O–H groups in total. The minimum absolute atomic E-state index is 0.550. The first kappa shape index (κ1) is 19.3. The fourth-order valence-electron chi connectivity index (χ4n) is 2.83. The average Bonchev–Trinajstić information content (AvgIpc) is 3.02. The fraction of sp³-hybridized carbons (Fsp3) is 0.250. The van der Waals surface area contributed by atoms with Gasteiger partial charge in [-0.25, -0.2) is 4.98 Å². The van der Waals surface area contributed by atoms with E-state index in [2.05, 4.69) is 10.6 Å². The minimum atomic E-state index is 0.550. The molecule has 0 aliphatic carbocycles. The van der Waals surface area contributed by atoms with E-state index < -0.39 is 0 Å². The Morgan fingerprint density at radius 1 is 1.00 bits per heavy atom. The van der Waals surface area contributed by atoms with Crippen molar-refractivity contribution in [2.75, 3.05) is 31.9 Å². The number of ether oxygens (including phenoxy) is 2. The van der Waals surface area contributed by atoms with Crippen molar-refractivity contribution in [2.45, 2.75) is 13.8 Å². The summed E-state index contributed by atoms with van der Waals surface area (Å²) in [5.74, 6) is 1.41. The maximum atomic E-state index is 6.34. The molecule has 0 atom stereocenters. The number of halogens is 1. The van der Waals surface area contributed by atoms with Gasteiger partial charge in [0, 0.05) is 29.2 Å². The van der Waals surface area contributed by atoms with E-state index in [0.717, 1.165) is 44.0 Å². The molecular formula is C20H22ClN3O2S. The summed E-state index contributed by atoms with van der Waals surface area (Å²) in [4.78, 5) is 5.88. The van der Waals surface area contributed by atoms with E-state index in [1.807, 2.05) is 51.2 Å². The van der Waals surface area contributed by atoms with E-state index in [0.29, 0.717) is 10.8 Å². The first-order valence-corrected chi connectivity index (χ1v) is 9.61. The summed E-state index contributed by atoms with van der Waals surface area (Å²) in [6, 6.07) is 9.78. The first-order valence-electron chi connectivity index (χ1n) is 8.41. The maximum absolute atomic E-state index is 6.34. The zero-order valence-electron chi connectivity index (χ0n) is 15.9. The Labute approximate surface area is 168 Å². The number of aryl methyl sites for hydroxylation is 2. The smallest absolute Gasteiger partial charge is 0.188 e. The summed E-state index contributed by atoms with van der Waals surface area (Å²) in [6.45, 7) is 4.08. The van der Waals surface area contributed by atoms with Crippen molar-refractivity contribution in [1.82, 2.24) is 4.98 Å². The standard InChI is InChI=1S/C20H22ClN3O2S/c1-11-6-7-15(18(8-11)26-5)23-20-24-19(12(2)27-20)13-9-14(21)17(25-4)10-16(13)22-3/h6-10,22H,1-5H3,(H,23,24). The third-order valence-electron chi connectivity index (χ3n) is 4.21. The fourth-order valence-corrected chi connectivity index (χ4v) is 3.91. The van der Waals surface area contributed by atoms with Gasteiger partial charge in [-0.3, -0.25) is 0 Å². The number of benzene rings is 2. The van der Waals surface area contributed by atoms with Crippen LogP contribution in [0.1, 0.15) is 10.4 Å². The van der Waals surface area contributed by atoms with Gasteiger partial charge >= 0.3 is 0 Å². The zero-order valence-corrected chi connectivity index (χ0v) is 17.5. The molecule has 27 heavy (non-hydrogen) atoms. The molecule has 0 amide bonds. The quantitative estimate of drug-likeness (QED) is 0.538. The molecule has 3 rings (SSSR count). The van der Waals surface area contributed by atoms with Crippen LogP contribution in [0, 0.1) is 13.8 Å². The lowest BCUT2D eigenvalue weighted by Gasteiger charge is -2.12. The van der Waals surface area contributed by atoms with Gasteiger partial charge in [0.15, 0.2) is 5.13 Å². The van der Waals surface area contributed by atoms with Crippen molar-refractivity contribution in [2.24, 2.45) is 0 Å². The van der Waals surface area contributed by atoms with Crippen LogP contribution in [-0.4, -0.2) is 26.3 Å². The van der Waals surface area contributed by atoms with Crippen LogP contribution in [-0.2, 0) is 0 Å². The highest BCUT2D eigenvalue weighted by atomic mass is 35.5. The van der Waals surface area contributed by atoms with Crippen LogP contribution in [0.25, 0.3) is 11.3 Å². The predicted octanol–water partition coefficient (Wildman–Crippen LogP) is 5.88. The summed E-state index contributed by atoms with van der Waals surface area (Å²) in [6.07, 6.45) is 0. The Balaban J connectivity index is 2.00. The number of hydrogen-bond donors (Lipinski definition) is 2. The highest BCUT2D eigenvalue weighted by molar-refractivity contribution is 7.16. The van der Waals surface area contributed by atoms with Gasteiger partial charge in [0.25, 0.3) is 0 Å². The van der Waals surface area contributed by atoms with Crippen molar-refractivity contribution in [1.29, 1.82) is 0 Å². The molecule has 0 saturated heterocycles.